The molecule has 4 heterocycles. The van der Waals surface area contributed by atoms with Gasteiger partial charge < -0.3 is 5.32 Å². The van der Waals surface area contributed by atoms with Gasteiger partial charge in [-0.25, -0.2) is 35.9 Å². The number of amides is 1. The fourth-order valence-corrected chi connectivity index (χ4v) is 9.22. The Morgan fingerprint density at radius 2 is 1.72 bits per heavy atom. The number of halogens is 10. The first-order valence-electron chi connectivity index (χ1n) is 19.1. The number of sulfonamides is 1. The Kier molecular flexibility index (Phi) is 10.3. The van der Waals surface area contributed by atoms with Crippen molar-refractivity contribution in [1.82, 2.24) is 44.4 Å². The quantitative estimate of drug-likeness (QED) is 0.125. The Hall–Kier alpha value is -6.56. The number of nitrogens with one attached hydrogen (secondary N) is 2. The zero-order valence-electron chi connectivity index (χ0n) is 33.1. The van der Waals surface area contributed by atoms with Crippen LogP contribution >= 0.6 is 11.6 Å². The van der Waals surface area contributed by atoms with Gasteiger partial charge in [-0.1, -0.05) is 17.7 Å². The molecule has 25 heteroatoms. The molecule has 0 aliphatic heterocycles. The highest BCUT2D eigenvalue weighted by Gasteiger charge is 2.67. The third kappa shape index (κ3) is 7.70. The molecule has 14 nitrogen and oxygen atoms in total. The largest absolute Gasteiger partial charge is 0.435 e. The van der Waals surface area contributed by atoms with Crippen LogP contribution in [0.5, 0.6) is 0 Å². The summed E-state index contributed by atoms with van der Waals surface area (Å²) in [4.78, 5) is 41.0. The molecule has 2 aliphatic rings. The van der Waals surface area contributed by atoms with E-state index in [1.54, 1.807) is 0 Å². The molecular weight excluding hydrogens is 923 g/mol. The van der Waals surface area contributed by atoms with E-state index >= 15 is 8.78 Å². The average Bonchev–Trinajstić information content (AvgIpc) is 3.75. The fraction of sp³-hybridized carbons (Fsp3) is 0.275. The number of hydrogen-bond donors (Lipinski definition) is 2. The minimum atomic E-state index is -4.99. The van der Waals surface area contributed by atoms with Crippen LogP contribution in [0.3, 0.4) is 0 Å². The molecule has 65 heavy (non-hydrogen) atoms. The van der Waals surface area contributed by atoms with Gasteiger partial charge in [-0.2, -0.15) is 32.1 Å². The SMILES string of the molecule is Cn1nc(NS(C)(=O)=O)c2c(Cl)ccc(-n3c([C@H](Cc4cc(F)cc(F)c4)NC(=O)Cn4nc(C(F)F)c5c4C(F)(F)[C@@H]4C[C@H]54)nc4cc(-c5nccnc5C(F)(F)F)ccc4c3=O)c21. The number of carbonyl (C=O) groups is 1. The molecule has 2 N–H and O–H groups in total. The van der Waals surface area contributed by atoms with Crippen LogP contribution in [0.25, 0.3) is 38.8 Å². The van der Waals surface area contributed by atoms with Gasteiger partial charge in [0.25, 0.3) is 17.9 Å². The van der Waals surface area contributed by atoms with Crippen molar-refractivity contribution in [3.05, 3.63) is 122 Å². The van der Waals surface area contributed by atoms with Crippen molar-refractivity contribution in [3.8, 4) is 16.9 Å². The summed E-state index contributed by atoms with van der Waals surface area (Å²) in [6.45, 7) is -1.10. The van der Waals surface area contributed by atoms with Crippen LogP contribution in [0.15, 0.2) is 65.7 Å². The molecule has 0 saturated heterocycles. The minimum absolute atomic E-state index is 0.0199. The lowest BCUT2D eigenvalue weighted by Gasteiger charge is -2.24. The van der Waals surface area contributed by atoms with Crippen molar-refractivity contribution in [1.29, 1.82) is 0 Å². The van der Waals surface area contributed by atoms with E-state index in [0.717, 1.165) is 58.2 Å². The standard InChI is InChI=1S/C40H28ClF9N10O4S/c1-58-32-26(6-5-23(41)29(32)36(56-58)57-65(2,63)64)60-37(54-24-12-17(3-4-20(24)38(60)62)30-33(40(48,49)50)52-8-7-51-30)25(11-16-9-18(42)13-19(43)10-16)53-27(61)15-59-34-28(31(55-59)35(44)45)21-14-22(21)39(34,46)47/h3-10,12-13,21-22,25,35H,11,14-15H2,1-2H3,(H,53,61)(H,56,57)/t21-,22+,25-/m0/s1. The Morgan fingerprint density at radius 1 is 1.02 bits per heavy atom. The lowest BCUT2D eigenvalue weighted by atomic mass is 10.0. The Morgan fingerprint density at radius 3 is 2.40 bits per heavy atom. The van der Waals surface area contributed by atoms with Crippen LogP contribution < -0.4 is 15.6 Å². The number of benzene rings is 3. The van der Waals surface area contributed by atoms with Crippen molar-refractivity contribution >= 4 is 55.2 Å². The summed E-state index contributed by atoms with van der Waals surface area (Å²) in [5.74, 6) is -9.89. The van der Waals surface area contributed by atoms with Gasteiger partial charge in [-0.15, -0.1) is 0 Å². The molecule has 2 aliphatic carbocycles. The average molecular weight is 951 g/mol. The molecule has 7 aromatic rings. The number of anilines is 1. The highest BCUT2D eigenvalue weighted by molar-refractivity contribution is 7.92. The van der Waals surface area contributed by atoms with Crippen molar-refractivity contribution in [2.75, 3.05) is 11.0 Å². The molecule has 9 rings (SSSR count). The lowest BCUT2D eigenvalue weighted by molar-refractivity contribution is -0.140. The molecule has 0 radical (unpaired) electrons. The van der Waals surface area contributed by atoms with Crippen LogP contribution in [0, 0.1) is 17.6 Å². The number of fused-ring (bicyclic) bond motifs is 5. The van der Waals surface area contributed by atoms with E-state index in [4.69, 9.17) is 11.6 Å². The third-order valence-corrected chi connectivity index (χ3v) is 11.9. The first kappa shape index (κ1) is 43.7. The van der Waals surface area contributed by atoms with Gasteiger partial charge in [0.2, 0.25) is 15.9 Å². The molecule has 0 spiro atoms. The molecule has 1 amide bonds. The van der Waals surface area contributed by atoms with Gasteiger partial charge in [0.05, 0.1) is 44.8 Å². The molecule has 4 aromatic heterocycles. The molecular formula is C40H28ClF9N10O4S. The predicted molar refractivity (Wildman–Crippen MR) is 214 cm³/mol. The zero-order valence-corrected chi connectivity index (χ0v) is 34.7. The van der Waals surface area contributed by atoms with Crippen LogP contribution in [0.2, 0.25) is 5.02 Å². The topological polar surface area (TPSA) is 172 Å². The number of aromatic nitrogens is 8. The summed E-state index contributed by atoms with van der Waals surface area (Å²) in [7, 11) is -2.63. The lowest BCUT2D eigenvalue weighted by Crippen LogP contribution is -2.38. The van der Waals surface area contributed by atoms with E-state index in [9.17, 15) is 48.7 Å². The maximum atomic E-state index is 15.5. The maximum absolute atomic E-state index is 15.5. The van der Waals surface area contributed by atoms with Gasteiger partial charge in [0, 0.05) is 49.0 Å². The molecule has 3 atom stereocenters. The molecule has 0 unspecified atom stereocenters. The normalized spacial score (nSPS) is 17.1. The number of hydrogen-bond acceptors (Lipinski definition) is 9. The smallest absolute Gasteiger partial charge is 0.344 e. The molecule has 338 valence electrons. The van der Waals surface area contributed by atoms with Crippen LogP contribution in [-0.2, 0) is 46.9 Å². The van der Waals surface area contributed by atoms with Crippen molar-refractivity contribution in [2.24, 2.45) is 13.0 Å². The number of aryl methyl sites for hydroxylation is 1. The molecule has 1 saturated carbocycles. The molecule has 1 fully saturated rings. The Labute approximate surface area is 364 Å². The van der Waals surface area contributed by atoms with Gasteiger partial charge >= 0.3 is 6.18 Å². The first-order valence-corrected chi connectivity index (χ1v) is 21.4. The summed E-state index contributed by atoms with van der Waals surface area (Å²) in [5, 5.41) is 10.1. The fourth-order valence-electron chi connectivity index (χ4n) is 8.48. The first-order chi connectivity index (χ1) is 30.5. The van der Waals surface area contributed by atoms with Crippen molar-refractivity contribution in [3.63, 3.8) is 0 Å². The van der Waals surface area contributed by atoms with E-state index in [0.29, 0.717) is 10.7 Å². The van der Waals surface area contributed by atoms with E-state index in [1.165, 1.54) is 19.2 Å². The van der Waals surface area contributed by atoms with Crippen LogP contribution in [-0.4, -0.2) is 59.7 Å². The van der Waals surface area contributed by atoms with E-state index in [-0.39, 0.29) is 61.4 Å². The summed E-state index contributed by atoms with van der Waals surface area (Å²) in [6.07, 6.45) is -6.28. The summed E-state index contributed by atoms with van der Waals surface area (Å²) < 4.78 is 161. The van der Waals surface area contributed by atoms with Crippen LogP contribution in [0.4, 0.5) is 45.3 Å². The second-order valence-corrected chi connectivity index (χ2v) is 17.7. The van der Waals surface area contributed by atoms with Gasteiger partial charge in [0.1, 0.15) is 41.1 Å². The number of carbonyl (C=O) groups excluding carboxylic acids is 1. The van der Waals surface area contributed by atoms with E-state index in [2.05, 4.69) is 35.2 Å². The zero-order chi connectivity index (χ0) is 46.7. The number of rotatable bonds is 11. The summed E-state index contributed by atoms with van der Waals surface area (Å²) in [5.41, 5.74) is -6.00. The van der Waals surface area contributed by atoms with Gasteiger partial charge in [-0.05, 0) is 54.3 Å². The van der Waals surface area contributed by atoms with Crippen molar-refractivity contribution < 1.29 is 52.7 Å². The van der Waals surface area contributed by atoms with Crippen molar-refractivity contribution in [2.45, 2.75) is 49.9 Å². The molecule has 3 aromatic carbocycles. The highest BCUT2D eigenvalue weighted by atomic mass is 35.5. The second kappa shape index (κ2) is 15.3. The highest BCUT2D eigenvalue weighted by Crippen LogP contribution is 2.68. The Balaban J connectivity index is 1.27. The number of nitrogens with zero attached hydrogens (tertiary/aromatic N) is 8. The van der Waals surface area contributed by atoms with E-state index < -0.39 is 111 Å². The van der Waals surface area contributed by atoms with Crippen LogP contribution in [0.1, 0.15) is 58.8 Å². The van der Waals surface area contributed by atoms with Gasteiger partial charge in [-0.3, -0.25) is 33.2 Å². The monoisotopic (exact) mass is 950 g/mol. The maximum Gasteiger partial charge on any atom is 0.435 e. The Bertz CT molecular complexity index is 3300. The summed E-state index contributed by atoms with van der Waals surface area (Å²) in [6, 6.07) is 6.51. The third-order valence-electron chi connectivity index (χ3n) is 11.0. The molecule has 0 bridgehead atoms. The minimum Gasteiger partial charge on any atom is -0.344 e. The predicted octanol–water partition coefficient (Wildman–Crippen LogP) is 7.49. The second-order valence-electron chi connectivity index (χ2n) is 15.5. The van der Waals surface area contributed by atoms with E-state index in [1.807, 2.05) is 0 Å². The van der Waals surface area contributed by atoms with Gasteiger partial charge in [0.15, 0.2) is 11.5 Å². The summed E-state index contributed by atoms with van der Waals surface area (Å²) >= 11 is 6.58. The number of alkyl halides is 7.